The van der Waals surface area contributed by atoms with Gasteiger partial charge in [-0.2, -0.15) is 0 Å². The van der Waals surface area contributed by atoms with Gasteiger partial charge >= 0.3 is 5.97 Å². The van der Waals surface area contributed by atoms with Crippen molar-refractivity contribution in [2.24, 2.45) is 4.99 Å². The molecule has 10 heteroatoms. The molecule has 194 valence electrons. The molecular weight excluding hydrogens is 496 g/mol. The fourth-order valence-electron chi connectivity index (χ4n) is 4.07. The number of benzene rings is 2. The molecule has 4 rings (SSSR count). The molecule has 0 saturated heterocycles. The van der Waals surface area contributed by atoms with Crippen molar-refractivity contribution in [2.75, 3.05) is 41.7 Å². The molecule has 0 radical (unpaired) electrons. The Hall–Kier alpha value is -3.89. The van der Waals surface area contributed by atoms with Crippen molar-refractivity contribution in [2.45, 2.75) is 13.0 Å². The van der Waals surface area contributed by atoms with Crippen molar-refractivity contribution in [3.05, 3.63) is 84.5 Å². The number of thiazole rings is 1. The minimum atomic E-state index is -0.730. The van der Waals surface area contributed by atoms with E-state index in [0.29, 0.717) is 43.4 Å². The standard InChI is InChI=1S/C27H28N2O7S/c1-16-23(26(31)36-13-12-32-2)24(17-6-8-19(33-3)9-7-17)29-25(30)22(37-27(29)28-16)15-18-14-20(34-4)10-11-21(18)35-5/h6-11,14-15,24H,12-13H2,1-5H3. The zero-order valence-corrected chi connectivity index (χ0v) is 22.1. The second kappa shape index (κ2) is 11.4. The van der Waals surface area contributed by atoms with Crippen molar-refractivity contribution in [1.82, 2.24) is 4.57 Å². The molecule has 37 heavy (non-hydrogen) atoms. The molecule has 1 aromatic heterocycles. The van der Waals surface area contributed by atoms with E-state index < -0.39 is 12.0 Å². The van der Waals surface area contributed by atoms with Gasteiger partial charge < -0.3 is 23.7 Å². The lowest BCUT2D eigenvalue weighted by molar-refractivity contribution is -0.140. The Labute approximate surface area is 217 Å². The molecule has 1 atom stereocenters. The first-order valence-electron chi connectivity index (χ1n) is 11.5. The van der Waals surface area contributed by atoms with Crippen LogP contribution in [0, 0.1) is 0 Å². The number of hydrogen-bond donors (Lipinski definition) is 0. The van der Waals surface area contributed by atoms with E-state index in [1.54, 1.807) is 64.7 Å². The van der Waals surface area contributed by atoms with Crippen LogP contribution in [0.5, 0.6) is 17.2 Å². The molecule has 3 aromatic rings. The third kappa shape index (κ3) is 5.30. The van der Waals surface area contributed by atoms with Gasteiger partial charge in [-0.3, -0.25) is 9.36 Å². The average Bonchev–Trinajstić information content (AvgIpc) is 3.21. The Balaban J connectivity index is 1.90. The molecule has 1 aliphatic heterocycles. The predicted octanol–water partition coefficient (Wildman–Crippen LogP) is 2.45. The molecule has 0 saturated carbocycles. The number of allylic oxidation sites excluding steroid dienone is 1. The van der Waals surface area contributed by atoms with Crippen LogP contribution >= 0.6 is 11.3 Å². The molecule has 2 aromatic carbocycles. The number of ether oxygens (including phenoxy) is 5. The topological polar surface area (TPSA) is 97.6 Å². The zero-order valence-electron chi connectivity index (χ0n) is 21.3. The van der Waals surface area contributed by atoms with Gasteiger partial charge in [0, 0.05) is 12.7 Å². The fourth-order valence-corrected chi connectivity index (χ4v) is 5.11. The van der Waals surface area contributed by atoms with Gasteiger partial charge in [0.25, 0.3) is 5.56 Å². The summed E-state index contributed by atoms with van der Waals surface area (Å²) in [4.78, 5) is 32.1. The Morgan fingerprint density at radius 2 is 1.70 bits per heavy atom. The van der Waals surface area contributed by atoms with Crippen molar-refractivity contribution >= 4 is 23.4 Å². The lowest BCUT2D eigenvalue weighted by Crippen LogP contribution is -2.40. The maximum Gasteiger partial charge on any atom is 0.338 e. The van der Waals surface area contributed by atoms with E-state index >= 15 is 0 Å². The summed E-state index contributed by atoms with van der Waals surface area (Å²) < 4.78 is 28.5. The number of carbonyl (C=O) groups is 1. The maximum absolute atomic E-state index is 13.8. The summed E-state index contributed by atoms with van der Waals surface area (Å²) in [6.45, 7) is 2.08. The monoisotopic (exact) mass is 524 g/mol. The maximum atomic E-state index is 13.8. The molecule has 1 aliphatic rings. The number of fused-ring (bicyclic) bond motifs is 1. The molecule has 0 spiro atoms. The van der Waals surface area contributed by atoms with Gasteiger partial charge in [0.2, 0.25) is 0 Å². The summed E-state index contributed by atoms with van der Waals surface area (Å²) in [5.74, 6) is 1.33. The van der Waals surface area contributed by atoms with Gasteiger partial charge in [0.05, 0.1) is 49.8 Å². The quantitative estimate of drug-likeness (QED) is 0.313. The number of methoxy groups -OCH3 is 4. The molecule has 0 bridgehead atoms. The largest absolute Gasteiger partial charge is 0.497 e. The number of carbonyl (C=O) groups excluding carboxylic acids is 1. The van der Waals surface area contributed by atoms with Crippen molar-refractivity contribution in [1.29, 1.82) is 0 Å². The van der Waals surface area contributed by atoms with Crippen molar-refractivity contribution < 1.29 is 28.5 Å². The van der Waals surface area contributed by atoms with E-state index in [1.807, 2.05) is 12.1 Å². The summed E-state index contributed by atoms with van der Waals surface area (Å²) in [6.07, 6.45) is 1.74. The van der Waals surface area contributed by atoms with Crippen LogP contribution in [-0.4, -0.2) is 52.2 Å². The first-order chi connectivity index (χ1) is 17.9. The highest BCUT2D eigenvalue weighted by Gasteiger charge is 2.33. The lowest BCUT2D eigenvalue weighted by atomic mass is 9.96. The Kier molecular flexibility index (Phi) is 8.10. The van der Waals surface area contributed by atoms with E-state index in [4.69, 9.17) is 23.7 Å². The van der Waals surface area contributed by atoms with E-state index in [-0.39, 0.29) is 18.8 Å². The van der Waals surface area contributed by atoms with Crippen LogP contribution in [0.15, 0.2) is 63.5 Å². The molecule has 0 N–H and O–H groups in total. The number of hydrogen-bond acceptors (Lipinski definition) is 9. The van der Waals surface area contributed by atoms with Gasteiger partial charge in [-0.15, -0.1) is 0 Å². The van der Waals surface area contributed by atoms with Gasteiger partial charge in [0.1, 0.15) is 23.9 Å². The van der Waals surface area contributed by atoms with Crippen LogP contribution < -0.4 is 29.1 Å². The minimum absolute atomic E-state index is 0.0848. The molecule has 9 nitrogen and oxygen atoms in total. The summed E-state index contributed by atoms with van der Waals surface area (Å²) >= 11 is 1.24. The van der Waals surface area contributed by atoms with Crippen molar-refractivity contribution in [3.8, 4) is 17.2 Å². The summed E-state index contributed by atoms with van der Waals surface area (Å²) in [7, 11) is 6.24. The van der Waals surface area contributed by atoms with Crippen LogP contribution in [0.2, 0.25) is 0 Å². The van der Waals surface area contributed by atoms with E-state index in [0.717, 1.165) is 5.56 Å². The highest BCUT2D eigenvalue weighted by molar-refractivity contribution is 7.07. The molecule has 0 fully saturated rings. The fraction of sp³-hybridized carbons (Fsp3) is 0.296. The van der Waals surface area contributed by atoms with Gasteiger partial charge in [-0.1, -0.05) is 23.5 Å². The first kappa shape index (κ1) is 26.2. The second-order valence-electron chi connectivity index (χ2n) is 8.09. The Morgan fingerprint density at radius 3 is 2.35 bits per heavy atom. The Bertz CT molecular complexity index is 1500. The van der Waals surface area contributed by atoms with E-state index in [1.165, 1.54) is 23.0 Å². The molecule has 1 unspecified atom stereocenters. The summed E-state index contributed by atoms with van der Waals surface area (Å²) in [5.41, 5.74) is 1.89. The SMILES string of the molecule is COCCOC(=O)C1=C(C)N=c2sc(=Cc3cc(OC)ccc3OC)c(=O)n2C1c1ccc(OC)cc1. The number of aromatic nitrogens is 1. The zero-order chi connectivity index (χ0) is 26.5. The highest BCUT2D eigenvalue weighted by atomic mass is 32.1. The van der Waals surface area contributed by atoms with Crippen LogP contribution in [0.25, 0.3) is 6.08 Å². The van der Waals surface area contributed by atoms with E-state index in [9.17, 15) is 9.59 Å². The van der Waals surface area contributed by atoms with Crippen LogP contribution in [-0.2, 0) is 14.3 Å². The minimum Gasteiger partial charge on any atom is -0.497 e. The molecule has 0 amide bonds. The van der Waals surface area contributed by atoms with Crippen LogP contribution in [0.4, 0.5) is 0 Å². The first-order valence-corrected chi connectivity index (χ1v) is 12.3. The van der Waals surface area contributed by atoms with E-state index in [2.05, 4.69) is 4.99 Å². The third-order valence-corrected chi connectivity index (χ3v) is 6.90. The lowest BCUT2D eigenvalue weighted by Gasteiger charge is -2.25. The molecular formula is C27H28N2O7S. The normalized spacial score (nSPS) is 15.2. The molecule has 2 heterocycles. The van der Waals surface area contributed by atoms with Gasteiger partial charge in [-0.25, -0.2) is 9.79 Å². The molecule has 0 aliphatic carbocycles. The van der Waals surface area contributed by atoms with Gasteiger partial charge in [-0.05, 0) is 48.9 Å². The summed E-state index contributed by atoms with van der Waals surface area (Å²) in [6, 6.07) is 11.9. The second-order valence-corrected chi connectivity index (χ2v) is 9.10. The Morgan fingerprint density at radius 1 is 1.00 bits per heavy atom. The third-order valence-electron chi connectivity index (χ3n) is 5.92. The predicted molar refractivity (Wildman–Crippen MR) is 139 cm³/mol. The average molecular weight is 525 g/mol. The number of esters is 1. The number of rotatable bonds is 9. The smallest absolute Gasteiger partial charge is 0.338 e. The summed E-state index contributed by atoms with van der Waals surface area (Å²) in [5, 5.41) is 0. The number of nitrogens with zero attached hydrogens (tertiary/aromatic N) is 2. The van der Waals surface area contributed by atoms with Crippen LogP contribution in [0.1, 0.15) is 24.1 Å². The van der Waals surface area contributed by atoms with Crippen molar-refractivity contribution in [3.63, 3.8) is 0 Å². The van der Waals surface area contributed by atoms with Crippen LogP contribution in [0.3, 0.4) is 0 Å². The highest BCUT2D eigenvalue weighted by Crippen LogP contribution is 2.32. The van der Waals surface area contributed by atoms with Gasteiger partial charge in [0.15, 0.2) is 4.80 Å².